The minimum atomic E-state index is -0.489. The van der Waals surface area contributed by atoms with E-state index in [1.807, 2.05) is 6.07 Å². The number of halogens is 2. The zero-order chi connectivity index (χ0) is 20.1. The van der Waals surface area contributed by atoms with Crippen LogP contribution < -0.4 is 5.32 Å². The van der Waals surface area contributed by atoms with Crippen molar-refractivity contribution in [2.24, 2.45) is 0 Å². The third-order valence-electron chi connectivity index (χ3n) is 3.75. The van der Waals surface area contributed by atoms with E-state index in [-0.39, 0.29) is 5.69 Å². The molecule has 1 N–H and O–H groups in total. The summed E-state index contributed by atoms with van der Waals surface area (Å²) in [4.78, 5) is 22.3. The summed E-state index contributed by atoms with van der Waals surface area (Å²) in [5.74, 6) is -0.0277. The van der Waals surface area contributed by atoms with E-state index in [0.29, 0.717) is 28.0 Å². The molecule has 3 aromatic rings. The molecular weight excluding hydrogens is 403 g/mol. The maximum absolute atomic E-state index is 12.0. The van der Waals surface area contributed by atoms with E-state index in [1.165, 1.54) is 24.3 Å². The fraction of sp³-hybridized carbons (Fsp3) is 0.0526. The van der Waals surface area contributed by atoms with E-state index in [9.17, 15) is 14.9 Å². The molecule has 2 aromatic carbocycles. The van der Waals surface area contributed by atoms with Crippen LogP contribution in [0.3, 0.4) is 0 Å². The van der Waals surface area contributed by atoms with Crippen molar-refractivity contribution in [3.8, 4) is 0 Å². The van der Waals surface area contributed by atoms with Gasteiger partial charge in [0, 0.05) is 40.5 Å². The molecule has 142 valence electrons. The third-order valence-corrected chi connectivity index (χ3v) is 4.33. The summed E-state index contributed by atoms with van der Waals surface area (Å²) in [6.45, 7) is 0.426. The first-order valence-corrected chi connectivity index (χ1v) is 8.87. The average molecular weight is 417 g/mol. The zero-order valence-corrected chi connectivity index (χ0v) is 15.9. The highest BCUT2D eigenvalue weighted by Crippen LogP contribution is 2.22. The Kier molecular flexibility index (Phi) is 6.08. The Balaban J connectivity index is 1.62. The van der Waals surface area contributed by atoms with E-state index in [4.69, 9.17) is 23.2 Å². The van der Waals surface area contributed by atoms with Gasteiger partial charge in [-0.15, -0.1) is 0 Å². The molecule has 3 rings (SSSR count). The molecule has 0 radical (unpaired) electrons. The van der Waals surface area contributed by atoms with Crippen molar-refractivity contribution >= 4 is 46.7 Å². The molecule has 28 heavy (non-hydrogen) atoms. The Morgan fingerprint density at radius 3 is 2.79 bits per heavy atom. The number of nitrogens with one attached hydrogen (secondary N) is 1. The van der Waals surface area contributed by atoms with E-state index in [2.05, 4.69) is 10.4 Å². The van der Waals surface area contributed by atoms with Gasteiger partial charge in [0.1, 0.15) is 0 Å². The topological polar surface area (TPSA) is 90.1 Å². The van der Waals surface area contributed by atoms with Crippen LogP contribution in [0.1, 0.15) is 11.1 Å². The molecule has 7 nitrogen and oxygen atoms in total. The van der Waals surface area contributed by atoms with Crippen LogP contribution in [0.25, 0.3) is 6.08 Å². The van der Waals surface area contributed by atoms with Gasteiger partial charge in [0.2, 0.25) is 5.91 Å². The van der Waals surface area contributed by atoms with Crippen LogP contribution in [0.5, 0.6) is 0 Å². The highest BCUT2D eigenvalue weighted by Gasteiger charge is 2.07. The molecule has 1 amide bonds. The van der Waals surface area contributed by atoms with Gasteiger partial charge in [-0.05, 0) is 29.3 Å². The van der Waals surface area contributed by atoms with Crippen molar-refractivity contribution < 1.29 is 9.72 Å². The molecule has 0 aliphatic heterocycles. The lowest BCUT2D eigenvalue weighted by molar-refractivity contribution is -0.384. The van der Waals surface area contributed by atoms with Crippen molar-refractivity contribution in [2.45, 2.75) is 6.54 Å². The number of nitro benzene ring substituents is 1. The molecule has 0 saturated carbocycles. The molecule has 0 bridgehead atoms. The Morgan fingerprint density at radius 2 is 2.04 bits per heavy atom. The van der Waals surface area contributed by atoms with Gasteiger partial charge in [-0.1, -0.05) is 41.4 Å². The Bertz CT molecular complexity index is 1060. The van der Waals surface area contributed by atoms with Crippen molar-refractivity contribution in [3.63, 3.8) is 0 Å². The lowest BCUT2D eigenvalue weighted by Crippen LogP contribution is -2.09. The summed E-state index contributed by atoms with van der Waals surface area (Å²) in [5, 5.41) is 18.8. The second-order valence-electron chi connectivity index (χ2n) is 5.81. The normalized spacial score (nSPS) is 10.9. The van der Waals surface area contributed by atoms with Crippen molar-refractivity contribution in [3.05, 3.63) is 92.1 Å². The van der Waals surface area contributed by atoms with Gasteiger partial charge >= 0.3 is 0 Å². The van der Waals surface area contributed by atoms with E-state index >= 15 is 0 Å². The zero-order valence-electron chi connectivity index (χ0n) is 14.4. The summed E-state index contributed by atoms with van der Waals surface area (Å²) >= 11 is 12.0. The Hall–Kier alpha value is -3.16. The smallest absolute Gasteiger partial charge is 0.270 e. The number of non-ortho nitro benzene ring substituents is 1. The Morgan fingerprint density at radius 1 is 1.21 bits per heavy atom. The molecule has 9 heteroatoms. The summed E-state index contributed by atoms with van der Waals surface area (Å²) < 4.78 is 1.63. The van der Waals surface area contributed by atoms with Gasteiger partial charge in [0.15, 0.2) is 5.82 Å². The molecule has 0 atom stereocenters. The average Bonchev–Trinajstić information content (AvgIpc) is 3.09. The number of carbonyl (C=O) groups excluding carboxylic acids is 1. The number of benzene rings is 2. The number of hydrogen-bond acceptors (Lipinski definition) is 4. The fourth-order valence-electron chi connectivity index (χ4n) is 2.42. The second kappa shape index (κ2) is 8.69. The van der Waals surface area contributed by atoms with Gasteiger partial charge in [-0.3, -0.25) is 19.6 Å². The van der Waals surface area contributed by atoms with Crippen LogP contribution >= 0.6 is 23.2 Å². The summed E-state index contributed by atoms with van der Waals surface area (Å²) in [6.07, 6.45) is 4.49. The van der Waals surface area contributed by atoms with Gasteiger partial charge in [-0.25, -0.2) is 0 Å². The van der Waals surface area contributed by atoms with Crippen LogP contribution in [-0.4, -0.2) is 20.6 Å². The monoisotopic (exact) mass is 416 g/mol. The van der Waals surface area contributed by atoms with Crippen LogP contribution in [-0.2, 0) is 11.3 Å². The second-order valence-corrected chi connectivity index (χ2v) is 6.65. The van der Waals surface area contributed by atoms with Gasteiger partial charge < -0.3 is 5.32 Å². The standard InChI is InChI=1S/C19H14Cl2N4O3/c20-15-6-5-14(17(21)11-15)12-24-9-8-18(23-24)22-19(26)7-4-13-2-1-3-16(10-13)25(27)28/h1-11H,12H2,(H,22,23,26)/b7-4+. The van der Waals surface area contributed by atoms with E-state index < -0.39 is 10.8 Å². The van der Waals surface area contributed by atoms with Crippen molar-refractivity contribution in [2.75, 3.05) is 5.32 Å². The number of rotatable bonds is 6. The highest BCUT2D eigenvalue weighted by atomic mass is 35.5. The quantitative estimate of drug-likeness (QED) is 0.355. The van der Waals surface area contributed by atoms with Crippen LogP contribution in [0, 0.1) is 10.1 Å². The summed E-state index contributed by atoms with van der Waals surface area (Å²) in [5.41, 5.74) is 1.35. The maximum Gasteiger partial charge on any atom is 0.270 e. The molecule has 1 aromatic heterocycles. The molecule has 0 aliphatic rings. The molecule has 0 spiro atoms. The minimum absolute atomic E-state index is 0.0397. The number of hydrogen-bond donors (Lipinski definition) is 1. The van der Waals surface area contributed by atoms with Gasteiger partial charge in [0.25, 0.3) is 5.69 Å². The predicted octanol–water partition coefficient (Wildman–Crippen LogP) is 4.80. The molecule has 0 aliphatic carbocycles. The molecular formula is C19H14Cl2N4O3. The van der Waals surface area contributed by atoms with Crippen LogP contribution in [0.15, 0.2) is 60.8 Å². The lowest BCUT2D eigenvalue weighted by Gasteiger charge is -2.05. The highest BCUT2D eigenvalue weighted by molar-refractivity contribution is 6.35. The number of amides is 1. The molecule has 0 fully saturated rings. The SMILES string of the molecule is O=C(/C=C/c1cccc([N+](=O)[O-])c1)Nc1ccn(Cc2ccc(Cl)cc2Cl)n1. The number of carbonyl (C=O) groups is 1. The first-order chi connectivity index (χ1) is 13.4. The molecule has 0 saturated heterocycles. The lowest BCUT2D eigenvalue weighted by atomic mass is 10.2. The summed E-state index contributed by atoms with van der Waals surface area (Å²) in [6, 6.07) is 12.9. The van der Waals surface area contributed by atoms with Crippen molar-refractivity contribution in [1.29, 1.82) is 0 Å². The minimum Gasteiger partial charge on any atom is -0.306 e. The molecule has 1 heterocycles. The van der Waals surface area contributed by atoms with Crippen molar-refractivity contribution in [1.82, 2.24) is 9.78 Å². The van der Waals surface area contributed by atoms with E-state index in [0.717, 1.165) is 5.56 Å². The van der Waals surface area contributed by atoms with Crippen LogP contribution in [0.2, 0.25) is 10.0 Å². The van der Waals surface area contributed by atoms with Crippen LogP contribution in [0.4, 0.5) is 11.5 Å². The maximum atomic E-state index is 12.0. The Labute approximate surface area is 170 Å². The number of anilines is 1. The van der Waals surface area contributed by atoms with E-state index in [1.54, 1.807) is 41.2 Å². The number of nitrogens with zero attached hydrogens (tertiary/aromatic N) is 3. The summed E-state index contributed by atoms with van der Waals surface area (Å²) in [7, 11) is 0. The van der Waals surface area contributed by atoms with Gasteiger partial charge in [0.05, 0.1) is 11.5 Å². The third kappa shape index (κ3) is 5.18. The predicted molar refractivity (Wildman–Crippen MR) is 109 cm³/mol. The number of nitro groups is 1. The number of aromatic nitrogens is 2. The fourth-order valence-corrected chi connectivity index (χ4v) is 2.89. The first-order valence-electron chi connectivity index (χ1n) is 8.11. The van der Waals surface area contributed by atoms with Gasteiger partial charge in [-0.2, -0.15) is 5.10 Å². The first kappa shape index (κ1) is 19.6. The molecule has 0 unspecified atom stereocenters. The largest absolute Gasteiger partial charge is 0.306 e.